The Morgan fingerprint density at radius 2 is 2.11 bits per heavy atom. The summed E-state index contributed by atoms with van der Waals surface area (Å²) in [4.78, 5) is 48.7. The summed E-state index contributed by atoms with van der Waals surface area (Å²) in [6.45, 7) is 1.93. The first-order valence-corrected chi connectivity index (χ1v) is 11.9. The van der Waals surface area contributed by atoms with Crippen LogP contribution < -0.4 is 20.7 Å². The van der Waals surface area contributed by atoms with Gasteiger partial charge in [0.25, 0.3) is 5.56 Å². The zero-order chi connectivity index (χ0) is 26.3. The van der Waals surface area contributed by atoms with E-state index in [-0.39, 0.29) is 48.4 Å². The molecule has 2 saturated heterocycles. The molecule has 2 fully saturated rings. The van der Waals surface area contributed by atoms with Crippen LogP contribution in [0.1, 0.15) is 30.1 Å². The Balaban J connectivity index is 1.43. The predicted molar refractivity (Wildman–Crippen MR) is 125 cm³/mol. The lowest BCUT2D eigenvalue weighted by Gasteiger charge is -2.39. The number of carbonyl (C=O) groups excluding carboxylic acids is 2. The van der Waals surface area contributed by atoms with E-state index in [4.69, 9.17) is 9.47 Å². The number of fused-ring (bicyclic) bond motifs is 3. The van der Waals surface area contributed by atoms with Gasteiger partial charge < -0.3 is 19.3 Å². The van der Waals surface area contributed by atoms with Crippen LogP contribution in [0, 0.1) is 0 Å². The van der Waals surface area contributed by atoms with E-state index in [1.54, 1.807) is 6.92 Å². The lowest BCUT2D eigenvalue weighted by Crippen LogP contribution is -2.54. The zero-order valence-corrected chi connectivity index (χ0v) is 19.9. The van der Waals surface area contributed by atoms with Crippen LogP contribution in [0.5, 0.6) is 0 Å². The highest BCUT2D eigenvalue weighted by Crippen LogP contribution is 2.36. The first kappa shape index (κ1) is 25.0. The molecule has 198 valence electrons. The number of rotatable bonds is 6. The van der Waals surface area contributed by atoms with Crippen molar-refractivity contribution < 1.29 is 32.2 Å². The fourth-order valence-corrected chi connectivity index (χ4v) is 4.96. The maximum Gasteiger partial charge on any atom is 0.412 e. The molecule has 5 rings (SSSR count). The number of nitrogens with zero attached hydrogens (tertiary/aromatic N) is 5. The highest BCUT2D eigenvalue weighted by atomic mass is 19.4. The third kappa shape index (κ3) is 4.97. The Kier molecular flexibility index (Phi) is 6.52. The molecule has 14 heteroatoms. The van der Waals surface area contributed by atoms with Gasteiger partial charge in [0.2, 0.25) is 5.95 Å². The molecular weight excluding hydrogens is 497 g/mol. The SMILES string of the molecule is CCOC(=O)Nc1ccc(C(=O)CN2c3nc(N4C[C@@H]5CC4CO5)cc(=O)n3CC[C@H]2C(F)(F)F)cn1. The minimum absolute atomic E-state index is 0.0000165. The Morgan fingerprint density at radius 3 is 2.73 bits per heavy atom. The molecule has 2 aromatic rings. The average molecular weight is 522 g/mol. The van der Waals surface area contributed by atoms with Crippen molar-refractivity contribution in [1.29, 1.82) is 0 Å². The first-order chi connectivity index (χ1) is 17.6. The number of hydrogen-bond acceptors (Lipinski definition) is 9. The molecule has 0 aromatic carbocycles. The maximum atomic E-state index is 14.0. The molecule has 3 aliphatic rings. The minimum Gasteiger partial charge on any atom is -0.450 e. The number of aromatic nitrogens is 3. The van der Waals surface area contributed by atoms with E-state index in [1.165, 1.54) is 22.8 Å². The van der Waals surface area contributed by atoms with Gasteiger partial charge in [-0.25, -0.2) is 9.78 Å². The number of ketones is 1. The number of nitrogens with one attached hydrogen (secondary N) is 1. The van der Waals surface area contributed by atoms with E-state index in [9.17, 15) is 27.6 Å². The van der Waals surface area contributed by atoms with Crippen LogP contribution in [0.25, 0.3) is 0 Å². The van der Waals surface area contributed by atoms with Crippen molar-refractivity contribution in [1.82, 2.24) is 14.5 Å². The van der Waals surface area contributed by atoms with Gasteiger partial charge in [0.05, 0.1) is 31.9 Å². The van der Waals surface area contributed by atoms with E-state index in [0.29, 0.717) is 13.2 Å². The number of carbonyl (C=O) groups is 2. The molecule has 1 unspecified atom stereocenters. The van der Waals surface area contributed by atoms with Crippen molar-refractivity contribution >= 4 is 29.5 Å². The summed E-state index contributed by atoms with van der Waals surface area (Å²) in [6, 6.07) is 2.04. The number of alkyl halides is 3. The second kappa shape index (κ2) is 9.65. The van der Waals surface area contributed by atoms with E-state index < -0.39 is 42.6 Å². The molecule has 2 aromatic heterocycles. The van der Waals surface area contributed by atoms with Gasteiger partial charge in [-0.05, 0) is 31.9 Å². The number of Topliss-reactive ketones (excluding diaryl/α,β-unsaturated/α-hetero) is 1. The Hall–Kier alpha value is -3.68. The van der Waals surface area contributed by atoms with Crippen molar-refractivity contribution in [3.63, 3.8) is 0 Å². The van der Waals surface area contributed by atoms with Gasteiger partial charge in [-0.2, -0.15) is 18.2 Å². The molecule has 37 heavy (non-hydrogen) atoms. The highest BCUT2D eigenvalue weighted by molar-refractivity contribution is 5.99. The van der Waals surface area contributed by atoms with Gasteiger partial charge in [0, 0.05) is 30.9 Å². The number of morpholine rings is 1. The summed E-state index contributed by atoms with van der Waals surface area (Å²) in [5, 5.41) is 2.38. The normalized spacial score (nSPS) is 22.6. The molecule has 0 radical (unpaired) electrons. The van der Waals surface area contributed by atoms with E-state index in [1.807, 2.05) is 4.90 Å². The molecule has 0 spiro atoms. The Bertz CT molecular complexity index is 1250. The fourth-order valence-electron chi connectivity index (χ4n) is 4.96. The number of halogens is 3. The smallest absolute Gasteiger partial charge is 0.412 e. The molecule has 0 aliphatic carbocycles. The largest absolute Gasteiger partial charge is 0.450 e. The quantitative estimate of drug-likeness (QED) is 0.570. The van der Waals surface area contributed by atoms with Gasteiger partial charge in [-0.15, -0.1) is 0 Å². The minimum atomic E-state index is -4.65. The van der Waals surface area contributed by atoms with Crippen molar-refractivity contribution in [3.8, 4) is 0 Å². The Labute approximate surface area is 209 Å². The highest BCUT2D eigenvalue weighted by Gasteiger charge is 2.48. The summed E-state index contributed by atoms with van der Waals surface area (Å²) >= 11 is 0. The second-order valence-corrected chi connectivity index (χ2v) is 9.08. The van der Waals surface area contributed by atoms with Crippen LogP contribution in [0.4, 0.5) is 35.5 Å². The number of amides is 1. The lowest BCUT2D eigenvalue weighted by atomic mass is 10.1. The molecule has 11 nitrogen and oxygen atoms in total. The molecule has 1 amide bonds. The third-order valence-corrected chi connectivity index (χ3v) is 6.71. The van der Waals surface area contributed by atoms with Gasteiger partial charge in [0.1, 0.15) is 17.7 Å². The van der Waals surface area contributed by atoms with Crippen molar-refractivity contribution in [3.05, 3.63) is 40.3 Å². The van der Waals surface area contributed by atoms with Crippen molar-refractivity contribution in [2.24, 2.45) is 0 Å². The monoisotopic (exact) mass is 522 g/mol. The average Bonchev–Trinajstić information content (AvgIpc) is 3.48. The molecule has 1 N–H and O–H groups in total. The van der Waals surface area contributed by atoms with Gasteiger partial charge in [-0.3, -0.25) is 19.5 Å². The standard InChI is InChI=1S/C23H25F3N6O5/c1-2-36-22(35)28-18-4-3-13(9-27-18)16(33)11-32-17(23(24,25)26)5-6-30-20(34)8-19(29-21(30)32)31-10-15-7-14(31)12-37-15/h3-4,8-9,14-15,17H,2,5-7,10-12H2,1H3,(H,27,28,35)/t14?,15-,17-/m0/s1. The summed E-state index contributed by atoms with van der Waals surface area (Å²) in [7, 11) is 0. The summed E-state index contributed by atoms with van der Waals surface area (Å²) in [5.74, 6) is -0.440. The summed E-state index contributed by atoms with van der Waals surface area (Å²) in [5.41, 5.74) is -0.433. The van der Waals surface area contributed by atoms with Crippen LogP contribution in [-0.2, 0) is 16.0 Å². The number of ether oxygens (including phenoxy) is 2. The van der Waals surface area contributed by atoms with Crippen LogP contribution in [0.2, 0.25) is 0 Å². The van der Waals surface area contributed by atoms with Gasteiger partial charge in [-0.1, -0.05) is 0 Å². The summed E-state index contributed by atoms with van der Waals surface area (Å²) in [6.07, 6.45) is -3.84. The maximum absolute atomic E-state index is 14.0. The molecule has 3 aliphatic heterocycles. The van der Waals surface area contributed by atoms with Crippen molar-refractivity contribution in [2.45, 2.75) is 50.7 Å². The number of pyridine rings is 1. The van der Waals surface area contributed by atoms with Crippen LogP contribution >= 0.6 is 0 Å². The van der Waals surface area contributed by atoms with E-state index in [0.717, 1.165) is 17.5 Å². The van der Waals surface area contributed by atoms with Crippen molar-refractivity contribution in [2.75, 3.05) is 41.4 Å². The molecule has 0 saturated carbocycles. The lowest BCUT2D eigenvalue weighted by molar-refractivity contribution is -0.152. The molecular formula is C23H25F3N6O5. The van der Waals surface area contributed by atoms with E-state index >= 15 is 0 Å². The molecule has 2 bridgehead atoms. The fraction of sp³-hybridized carbons (Fsp3) is 0.522. The van der Waals surface area contributed by atoms with Crippen LogP contribution in [-0.4, -0.2) is 77.1 Å². The second-order valence-electron chi connectivity index (χ2n) is 9.08. The first-order valence-electron chi connectivity index (χ1n) is 11.9. The van der Waals surface area contributed by atoms with Crippen LogP contribution in [0.15, 0.2) is 29.2 Å². The number of anilines is 3. The molecule has 5 heterocycles. The van der Waals surface area contributed by atoms with Gasteiger partial charge >= 0.3 is 12.3 Å². The third-order valence-electron chi connectivity index (χ3n) is 6.71. The van der Waals surface area contributed by atoms with Gasteiger partial charge in [0.15, 0.2) is 5.78 Å². The number of hydrogen-bond donors (Lipinski definition) is 1. The van der Waals surface area contributed by atoms with Crippen LogP contribution in [0.3, 0.4) is 0 Å². The Morgan fingerprint density at radius 1 is 1.30 bits per heavy atom. The zero-order valence-electron chi connectivity index (χ0n) is 19.9. The predicted octanol–water partition coefficient (Wildman–Crippen LogP) is 2.21. The molecule has 3 atom stereocenters. The topological polar surface area (TPSA) is 119 Å². The van der Waals surface area contributed by atoms with E-state index in [2.05, 4.69) is 15.3 Å². The summed E-state index contributed by atoms with van der Waals surface area (Å²) < 4.78 is 53.6.